The molecule has 0 aliphatic carbocycles. The van der Waals surface area contributed by atoms with E-state index in [-0.39, 0.29) is 0 Å². The molecule has 0 N–H and O–H groups in total. The summed E-state index contributed by atoms with van der Waals surface area (Å²) in [4.78, 5) is 1.11. The highest BCUT2D eigenvalue weighted by molar-refractivity contribution is 7.80. The fourth-order valence-electron chi connectivity index (χ4n) is 1.48. The lowest BCUT2D eigenvalue weighted by atomic mass is 10.1. The van der Waals surface area contributed by atoms with Crippen molar-refractivity contribution in [2.45, 2.75) is 39.0 Å². The fraction of sp³-hybridized carbons (Fsp3) is 0.462. The van der Waals surface area contributed by atoms with Crippen LogP contribution < -0.4 is 0 Å². The van der Waals surface area contributed by atoms with Gasteiger partial charge >= 0.3 is 0 Å². The van der Waals surface area contributed by atoms with Crippen molar-refractivity contribution >= 4 is 17.1 Å². The monoisotopic (exact) mass is 206 g/mol. The molecule has 0 spiro atoms. The van der Waals surface area contributed by atoms with Gasteiger partial charge < -0.3 is 0 Å². The van der Waals surface area contributed by atoms with E-state index < -0.39 is 0 Å². The first-order valence-corrected chi connectivity index (χ1v) is 5.83. The second kappa shape index (κ2) is 6.72. The van der Waals surface area contributed by atoms with Crippen molar-refractivity contribution < 1.29 is 0 Å². The van der Waals surface area contributed by atoms with E-state index in [2.05, 4.69) is 19.1 Å². The normalized spacial score (nSPS) is 10.1. The van der Waals surface area contributed by atoms with E-state index in [1.54, 1.807) is 0 Å². The van der Waals surface area contributed by atoms with Crippen molar-refractivity contribution in [3.63, 3.8) is 0 Å². The van der Waals surface area contributed by atoms with E-state index in [9.17, 15) is 0 Å². The molecule has 0 bridgehead atoms. The summed E-state index contributed by atoms with van der Waals surface area (Å²) in [5, 5.41) is 0. The van der Waals surface area contributed by atoms with E-state index in [4.69, 9.17) is 12.2 Å². The molecule has 1 heteroatoms. The molecule has 0 radical (unpaired) electrons. The summed E-state index contributed by atoms with van der Waals surface area (Å²) in [5.74, 6) is 0. The van der Waals surface area contributed by atoms with E-state index in [1.165, 1.54) is 31.2 Å². The van der Waals surface area contributed by atoms with Crippen molar-refractivity contribution in [2.24, 2.45) is 0 Å². The first-order chi connectivity index (χ1) is 6.84. The highest BCUT2D eigenvalue weighted by atomic mass is 32.1. The van der Waals surface area contributed by atoms with Gasteiger partial charge in [-0.15, -0.1) is 0 Å². The Morgan fingerprint density at radius 1 is 1.07 bits per heavy atom. The number of benzene rings is 1. The Kier molecular flexibility index (Phi) is 5.46. The predicted octanol–water partition coefficient (Wildman–Crippen LogP) is 4.38. The number of thiocarbonyl (C=S) groups is 1. The molecule has 0 atom stereocenters. The Morgan fingerprint density at radius 2 is 1.79 bits per heavy atom. The second-order valence-electron chi connectivity index (χ2n) is 3.60. The molecule has 0 heterocycles. The molecule has 0 unspecified atom stereocenters. The largest absolute Gasteiger partial charge is 0.0843 e. The number of rotatable bonds is 6. The topological polar surface area (TPSA) is 0 Å². The van der Waals surface area contributed by atoms with Crippen LogP contribution >= 0.6 is 12.2 Å². The maximum atomic E-state index is 5.37. The maximum Gasteiger partial charge on any atom is 0.0224 e. The SMILES string of the molecule is CCCCCCC(=S)c1ccccc1. The summed E-state index contributed by atoms with van der Waals surface area (Å²) in [5.41, 5.74) is 1.22. The van der Waals surface area contributed by atoms with Gasteiger partial charge in [0.2, 0.25) is 0 Å². The van der Waals surface area contributed by atoms with Crippen LogP contribution in [-0.2, 0) is 0 Å². The first-order valence-electron chi connectivity index (χ1n) is 5.43. The minimum atomic E-state index is 1.07. The molecule has 0 aromatic heterocycles. The van der Waals surface area contributed by atoms with Crippen LogP contribution in [0.1, 0.15) is 44.6 Å². The van der Waals surface area contributed by atoms with Crippen LogP contribution in [0.25, 0.3) is 0 Å². The Bertz CT molecular complexity index is 264. The van der Waals surface area contributed by atoms with Gasteiger partial charge in [-0.05, 0) is 18.4 Å². The maximum absolute atomic E-state index is 5.37. The molecule has 1 aromatic rings. The summed E-state index contributed by atoms with van der Waals surface area (Å²) in [7, 11) is 0. The molecule has 0 saturated heterocycles. The molecule has 0 aliphatic heterocycles. The van der Waals surface area contributed by atoms with Gasteiger partial charge in [-0.25, -0.2) is 0 Å². The Morgan fingerprint density at radius 3 is 2.43 bits per heavy atom. The lowest BCUT2D eigenvalue weighted by molar-refractivity contribution is 0.685. The fourth-order valence-corrected chi connectivity index (χ4v) is 1.76. The van der Waals surface area contributed by atoms with Gasteiger partial charge in [0.05, 0.1) is 0 Å². The van der Waals surface area contributed by atoms with Crippen LogP contribution in [0, 0.1) is 0 Å². The van der Waals surface area contributed by atoms with E-state index in [0.29, 0.717) is 0 Å². The zero-order valence-electron chi connectivity index (χ0n) is 8.83. The average Bonchev–Trinajstić information content (AvgIpc) is 2.25. The molecule has 1 aromatic carbocycles. The molecule has 0 aliphatic rings. The van der Waals surface area contributed by atoms with Crippen LogP contribution in [0.15, 0.2) is 30.3 Å². The molecule has 76 valence electrons. The predicted molar refractivity (Wildman–Crippen MR) is 66.9 cm³/mol. The number of unbranched alkanes of at least 4 members (excludes halogenated alkanes) is 3. The van der Waals surface area contributed by atoms with Crippen LogP contribution in [0.5, 0.6) is 0 Å². The lowest BCUT2D eigenvalue weighted by Crippen LogP contribution is -1.96. The molecule has 0 nitrogen and oxygen atoms in total. The second-order valence-corrected chi connectivity index (χ2v) is 4.09. The van der Waals surface area contributed by atoms with E-state index in [0.717, 1.165) is 11.3 Å². The van der Waals surface area contributed by atoms with Gasteiger partial charge in [0, 0.05) is 4.86 Å². The zero-order valence-corrected chi connectivity index (χ0v) is 9.65. The van der Waals surface area contributed by atoms with Gasteiger partial charge in [0.25, 0.3) is 0 Å². The average molecular weight is 206 g/mol. The van der Waals surface area contributed by atoms with Crippen LogP contribution in [0.4, 0.5) is 0 Å². The third-order valence-electron chi connectivity index (χ3n) is 2.35. The van der Waals surface area contributed by atoms with Crippen molar-refractivity contribution in [1.29, 1.82) is 0 Å². The summed E-state index contributed by atoms with van der Waals surface area (Å²) >= 11 is 5.37. The van der Waals surface area contributed by atoms with Crippen molar-refractivity contribution in [1.82, 2.24) is 0 Å². The minimum absolute atomic E-state index is 1.07. The smallest absolute Gasteiger partial charge is 0.0224 e. The molecule has 0 amide bonds. The summed E-state index contributed by atoms with van der Waals surface area (Å²) in [6, 6.07) is 10.3. The van der Waals surface area contributed by atoms with Gasteiger partial charge in [0.15, 0.2) is 0 Å². The van der Waals surface area contributed by atoms with E-state index >= 15 is 0 Å². The Balaban J connectivity index is 2.29. The quantitative estimate of drug-likeness (QED) is 0.378. The van der Waals surface area contributed by atoms with Gasteiger partial charge in [0.1, 0.15) is 0 Å². The van der Waals surface area contributed by atoms with Gasteiger partial charge in [-0.1, -0.05) is 68.7 Å². The van der Waals surface area contributed by atoms with Crippen molar-refractivity contribution in [3.05, 3.63) is 35.9 Å². The molecule has 0 fully saturated rings. The summed E-state index contributed by atoms with van der Waals surface area (Å²) in [6.07, 6.45) is 6.24. The highest BCUT2D eigenvalue weighted by Gasteiger charge is 1.99. The van der Waals surface area contributed by atoms with Crippen molar-refractivity contribution in [3.8, 4) is 0 Å². The standard InChI is InChI=1S/C13H18S/c1-2-3-4-8-11-13(14)12-9-6-5-7-10-12/h5-7,9-10H,2-4,8,11H2,1H3. The van der Waals surface area contributed by atoms with Gasteiger partial charge in [-0.2, -0.15) is 0 Å². The Hall–Kier alpha value is -0.690. The highest BCUT2D eigenvalue weighted by Crippen LogP contribution is 2.09. The van der Waals surface area contributed by atoms with Crippen LogP contribution in [0.2, 0.25) is 0 Å². The first kappa shape index (κ1) is 11.4. The van der Waals surface area contributed by atoms with Crippen LogP contribution in [0.3, 0.4) is 0 Å². The number of hydrogen-bond acceptors (Lipinski definition) is 1. The lowest BCUT2D eigenvalue weighted by Gasteiger charge is -2.03. The third-order valence-corrected chi connectivity index (χ3v) is 2.79. The Labute approximate surface area is 92.3 Å². The summed E-state index contributed by atoms with van der Waals surface area (Å²) in [6.45, 7) is 2.23. The van der Waals surface area contributed by atoms with Gasteiger partial charge in [-0.3, -0.25) is 0 Å². The molecule has 0 saturated carbocycles. The summed E-state index contributed by atoms with van der Waals surface area (Å²) < 4.78 is 0. The third kappa shape index (κ3) is 4.01. The van der Waals surface area contributed by atoms with E-state index in [1.807, 2.05) is 18.2 Å². The molecular weight excluding hydrogens is 188 g/mol. The molecular formula is C13H18S. The van der Waals surface area contributed by atoms with Crippen LogP contribution in [-0.4, -0.2) is 4.86 Å². The molecule has 1 rings (SSSR count). The minimum Gasteiger partial charge on any atom is -0.0843 e. The number of hydrogen-bond donors (Lipinski definition) is 0. The zero-order chi connectivity index (χ0) is 10.2. The molecule has 14 heavy (non-hydrogen) atoms. The van der Waals surface area contributed by atoms with Crippen molar-refractivity contribution in [2.75, 3.05) is 0 Å².